The van der Waals surface area contributed by atoms with Crippen LogP contribution in [0.3, 0.4) is 0 Å². The number of aromatic nitrogens is 4. The third kappa shape index (κ3) is 2.68. The van der Waals surface area contributed by atoms with Crippen LogP contribution in [0.2, 0.25) is 0 Å². The Labute approximate surface area is 101 Å². The second-order valence-corrected chi connectivity index (χ2v) is 4.06. The first-order chi connectivity index (χ1) is 8.20. The van der Waals surface area contributed by atoms with E-state index in [9.17, 15) is 0 Å². The summed E-state index contributed by atoms with van der Waals surface area (Å²) in [7, 11) is 1.91. The van der Waals surface area contributed by atoms with Gasteiger partial charge >= 0.3 is 0 Å². The van der Waals surface area contributed by atoms with Gasteiger partial charge in [0.2, 0.25) is 0 Å². The van der Waals surface area contributed by atoms with Crippen LogP contribution in [-0.2, 0) is 7.05 Å². The van der Waals surface area contributed by atoms with Crippen molar-refractivity contribution in [3.05, 3.63) is 41.7 Å². The Bertz CT molecular complexity index is 474. The Kier molecular flexibility index (Phi) is 3.49. The molecule has 0 aliphatic rings. The molecule has 0 saturated carbocycles. The number of rotatable bonds is 4. The van der Waals surface area contributed by atoms with Crippen molar-refractivity contribution >= 4 is 0 Å². The first-order valence-corrected chi connectivity index (χ1v) is 5.71. The molecule has 2 heterocycles. The summed E-state index contributed by atoms with van der Waals surface area (Å²) in [6.07, 6.45) is 7.50. The van der Waals surface area contributed by atoms with Crippen molar-refractivity contribution in [2.75, 3.05) is 6.54 Å². The molecular formula is C12H17N5. The molecule has 0 bridgehead atoms. The van der Waals surface area contributed by atoms with Crippen molar-refractivity contribution in [3.8, 4) is 0 Å². The van der Waals surface area contributed by atoms with E-state index >= 15 is 0 Å². The number of nitrogens with zero attached hydrogens (tertiary/aromatic N) is 4. The molecule has 1 atom stereocenters. The minimum Gasteiger partial charge on any atom is -0.304 e. The molecule has 0 aliphatic heterocycles. The lowest BCUT2D eigenvalue weighted by Gasteiger charge is -2.14. The Morgan fingerprint density at radius 1 is 1.29 bits per heavy atom. The van der Waals surface area contributed by atoms with Gasteiger partial charge in [0, 0.05) is 31.2 Å². The van der Waals surface area contributed by atoms with Crippen LogP contribution >= 0.6 is 0 Å². The Morgan fingerprint density at radius 2 is 2.00 bits per heavy atom. The van der Waals surface area contributed by atoms with E-state index in [1.54, 1.807) is 4.68 Å². The fraction of sp³-hybridized carbons (Fsp3) is 0.417. The zero-order valence-corrected chi connectivity index (χ0v) is 10.4. The van der Waals surface area contributed by atoms with E-state index < -0.39 is 0 Å². The zero-order chi connectivity index (χ0) is 12.3. The van der Waals surface area contributed by atoms with Crippen molar-refractivity contribution < 1.29 is 0 Å². The second-order valence-electron chi connectivity index (χ2n) is 4.06. The van der Waals surface area contributed by atoms with Crippen molar-refractivity contribution in [1.29, 1.82) is 0 Å². The molecule has 2 aromatic heterocycles. The van der Waals surface area contributed by atoms with Crippen molar-refractivity contribution in [1.82, 2.24) is 25.1 Å². The summed E-state index contributed by atoms with van der Waals surface area (Å²) in [5.41, 5.74) is 2.15. The monoisotopic (exact) mass is 231 g/mol. The average Bonchev–Trinajstić information content (AvgIpc) is 2.74. The van der Waals surface area contributed by atoms with Crippen LogP contribution < -0.4 is 5.32 Å². The lowest BCUT2D eigenvalue weighted by Crippen LogP contribution is -2.23. The third-order valence-electron chi connectivity index (χ3n) is 2.53. The van der Waals surface area contributed by atoms with Gasteiger partial charge in [0.1, 0.15) is 5.82 Å². The highest BCUT2D eigenvalue weighted by Gasteiger charge is 2.16. The number of hydrogen-bond donors (Lipinski definition) is 1. The summed E-state index contributed by atoms with van der Waals surface area (Å²) in [6, 6.07) is 0.00861. The number of aryl methyl sites for hydroxylation is 2. The summed E-state index contributed by atoms with van der Waals surface area (Å²) in [5.74, 6) is 0.783. The maximum Gasteiger partial charge on any atom is 0.149 e. The molecule has 0 radical (unpaired) electrons. The van der Waals surface area contributed by atoms with Crippen LogP contribution in [0.1, 0.15) is 29.9 Å². The van der Waals surface area contributed by atoms with Crippen LogP contribution in [0.5, 0.6) is 0 Å². The molecule has 5 nitrogen and oxygen atoms in total. The normalized spacial score (nSPS) is 12.6. The molecule has 1 unspecified atom stereocenters. The summed E-state index contributed by atoms with van der Waals surface area (Å²) in [5, 5.41) is 7.55. The van der Waals surface area contributed by atoms with Crippen molar-refractivity contribution in [2.45, 2.75) is 19.9 Å². The van der Waals surface area contributed by atoms with E-state index in [4.69, 9.17) is 0 Å². The van der Waals surface area contributed by atoms with Crippen LogP contribution in [0, 0.1) is 6.92 Å². The highest BCUT2D eigenvalue weighted by Crippen LogP contribution is 2.17. The molecule has 0 fully saturated rings. The average molecular weight is 231 g/mol. The molecule has 0 amide bonds. The summed E-state index contributed by atoms with van der Waals surface area (Å²) < 4.78 is 1.79. The lowest BCUT2D eigenvalue weighted by atomic mass is 10.1. The Morgan fingerprint density at radius 3 is 2.53 bits per heavy atom. The number of nitrogens with one attached hydrogen (secondary N) is 1. The van der Waals surface area contributed by atoms with E-state index in [2.05, 4.69) is 27.3 Å². The molecule has 1 N–H and O–H groups in total. The molecular weight excluding hydrogens is 214 g/mol. The molecule has 5 heteroatoms. The Balaban J connectivity index is 2.31. The second kappa shape index (κ2) is 5.05. The van der Waals surface area contributed by atoms with Crippen LogP contribution in [-0.4, -0.2) is 26.3 Å². The predicted molar refractivity (Wildman–Crippen MR) is 65.5 cm³/mol. The van der Waals surface area contributed by atoms with E-state index in [-0.39, 0.29) is 6.04 Å². The van der Waals surface area contributed by atoms with Gasteiger partial charge in [-0.1, -0.05) is 6.92 Å². The van der Waals surface area contributed by atoms with E-state index in [1.807, 2.05) is 38.8 Å². The van der Waals surface area contributed by atoms with Gasteiger partial charge in [-0.3, -0.25) is 4.68 Å². The highest BCUT2D eigenvalue weighted by atomic mass is 15.2. The van der Waals surface area contributed by atoms with Gasteiger partial charge in [0.05, 0.1) is 12.2 Å². The van der Waals surface area contributed by atoms with Crippen LogP contribution in [0.4, 0.5) is 0 Å². The summed E-state index contributed by atoms with van der Waals surface area (Å²) >= 11 is 0. The topological polar surface area (TPSA) is 55.6 Å². The molecule has 0 aromatic carbocycles. The molecule has 90 valence electrons. The number of hydrogen-bond acceptors (Lipinski definition) is 4. The first-order valence-electron chi connectivity index (χ1n) is 5.71. The van der Waals surface area contributed by atoms with Gasteiger partial charge < -0.3 is 5.32 Å². The van der Waals surface area contributed by atoms with Crippen LogP contribution in [0.25, 0.3) is 0 Å². The SMILES string of the molecule is CCNC(c1cnn(C)c1)c1ncc(C)cn1. The fourth-order valence-electron chi connectivity index (χ4n) is 1.70. The summed E-state index contributed by atoms with van der Waals surface area (Å²) in [4.78, 5) is 8.74. The minimum absolute atomic E-state index is 0.00861. The molecule has 0 spiro atoms. The maximum absolute atomic E-state index is 4.37. The maximum atomic E-state index is 4.37. The lowest BCUT2D eigenvalue weighted by molar-refractivity contribution is 0.596. The Hall–Kier alpha value is -1.75. The van der Waals surface area contributed by atoms with Gasteiger partial charge in [0.25, 0.3) is 0 Å². The minimum atomic E-state index is 0.00861. The largest absolute Gasteiger partial charge is 0.304 e. The molecule has 0 saturated heterocycles. The van der Waals surface area contributed by atoms with Gasteiger partial charge in [-0.05, 0) is 19.0 Å². The first kappa shape index (κ1) is 11.7. The third-order valence-corrected chi connectivity index (χ3v) is 2.53. The van der Waals surface area contributed by atoms with Gasteiger partial charge in [0.15, 0.2) is 0 Å². The molecule has 0 aliphatic carbocycles. The smallest absolute Gasteiger partial charge is 0.149 e. The van der Waals surface area contributed by atoms with Gasteiger partial charge in [-0.2, -0.15) is 5.10 Å². The standard InChI is InChI=1S/C12H17N5/c1-4-13-11(10-7-16-17(3)8-10)12-14-5-9(2)6-15-12/h5-8,11,13H,4H2,1-3H3. The van der Waals surface area contributed by atoms with E-state index in [1.165, 1.54) is 0 Å². The van der Waals surface area contributed by atoms with Gasteiger partial charge in [-0.15, -0.1) is 0 Å². The zero-order valence-electron chi connectivity index (χ0n) is 10.4. The van der Waals surface area contributed by atoms with Crippen LogP contribution in [0.15, 0.2) is 24.8 Å². The van der Waals surface area contributed by atoms with Gasteiger partial charge in [-0.25, -0.2) is 9.97 Å². The molecule has 17 heavy (non-hydrogen) atoms. The van der Waals surface area contributed by atoms with E-state index in [0.717, 1.165) is 23.5 Å². The highest BCUT2D eigenvalue weighted by molar-refractivity contribution is 5.19. The fourth-order valence-corrected chi connectivity index (χ4v) is 1.70. The summed E-state index contributed by atoms with van der Waals surface area (Å²) in [6.45, 7) is 4.91. The quantitative estimate of drug-likeness (QED) is 0.859. The van der Waals surface area contributed by atoms with E-state index in [0.29, 0.717) is 0 Å². The van der Waals surface area contributed by atoms with Crippen molar-refractivity contribution in [3.63, 3.8) is 0 Å². The predicted octanol–water partition coefficient (Wildman–Crippen LogP) is 1.22. The molecule has 2 rings (SSSR count). The molecule has 2 aromatic rings. The van der Waals surface area contributed by atoms with Crippen molar-refractivity contribution in [2.24, 2.45) is 7.05 Å².